The summed E-state index contributed by atoms with van der Waals surface area (Å²) in [6, 6.07) is 9.37. The first-order valence-electron chi connectivity index (χ1n) is 8.38. The average Bonchev–Trinajstić information content (AvgIpc) is 2.62. The number of hydrazine groups is 1. The van der Waals surface area contributed by atoms with E-state index < -0.39 is 12.5 Å². The van der Waals surface area contributed by atoms with Crippen LogP contribution in [0.3, 0.4) is 0 Å². The number of thioether (sulfide) groups is 1. The summed E-state index contributed by atoms with van der Waals surface area (Å²) >= 11 is 7.48. The molecule has 2 aromatic carbocycles. The second-order valence-corrected chi connectivity index (χ2v) is 6.86. The molecule has 148 valence electrons. The number of nitrogens with one attached hydrogen (secondary N) is 1. The molecular formula is C19H24ClF2N3OS. The van der Waals surface area contributed by atoms with Gasteiger partial charge in [0.1, 0.15) is 0 Å². The quantitative estimate of drug-likeness (QED) is 0.263. The number of urea groups is 1. The molecule has 27 heavy (non-hydrogen) atoms. The Morgan fingerprint density at radius 3 is 2.56 bits per heavy atom. The molecule has 0 heterocycles. The summed E-state index contributed by atoms with van der Waals surface area (Å²) in [5, 5.41) is 4.00. The van der Waals surface area contributed by atoms with Crippen molar-refractivity contribution in [3.63, 3.8) is 0 Å². The van der Waals surface area contributed by atoms with E-state index in [0.717, 1.165) is 10.6 Å². The van der Waals surface area contributed by atoms with Crippen molar-refractivity contribution >= 4 is 35.1 Å². The lowest BCUT2D eigenvalue weighted by Crippen LogP contribution is -2.37. The zero-order valence-corrected chi connectivity index (χ0v) is 17.3. The summed E-state index contributed by atoms with van der Waals surface area (Å²) in [4.78, 5) is 12.3. The Balaban J connectivity index is 0.00000176. The number of alkyl halides is 2. The van der Waals surface area contributed by atoms with Gasteiger partial charge in [0, 0.05) is 39.5 Å². The molecule has 0 unspecified atom stereocenters. The van der Waals surface area contributed by atoms with E-state index in [0.29, 0.717) is 26.9 Å². The highest BCUT2D eigenvalue weighted by Gasteiger charge is 2.16. The Morgan fingerprint density at radius 2 is 1.96 bits per heavy atom. The van der Waals surface area contributed by atoms with Gasteiger partial charge < -0.3 is 5.32 Å². The number of aryl methyl sites for hydroxylation is 1. The molecule has 0 saturated heterocycles. The molecule has 8 heteroatoms. The van der Waals surface area contributed by atoms with Gasteiger partial charge in [-0.1, -0.05) is 43.6 Å². The van der Waals surface area contributed by atoms with Gasteiger partial charge in [0.15, 0.2) is 0 Å². The number of halogens is 3. The maximum Gasteiger partial charge on any atom is 0.335 e. The van der Waals surface area contributed by atoms with Crippen LogP contribution in [0, 0.1) is 6.92 Å². The monoisotopic (exact) mass is 415 g/mol. The van der Waals surface area contributed by atoms with Gasteiger partial charge in [-0.3, -0.25) is 5.01 Å². The highest BCUT2D eigenvalue weighted by Crippen LogP contribution is 2.36. The second-order valence-electron chi connectivity index (χ2n) is 5.44. The molecule has 0 aromatic heterocycles. The second kappa shape index (κ2) is 11.1. The number of benzene rings is 2. The molecular weight excluding hydrogens is 392 g/mol. The lowest BCUT2D eigenvalue weighted by atomic mass is 10.1. The number of rotatable bonds is 5. The Kier molecular flexibility index (Phi) is 9.55. The third-order valence-electron chi connectivity index (χ3n) is 3.46. The first-order valence-corrected chi connectivity index (χ1v) is 9.74. The first-order chi connectivity index (χ1) is 12.8. The van der Waals surface area contributed by atoms with E-state index in [1.54, 1.807) is 30.3 Å². The molecule has 0 fully saturated rings. The molecule has 0 bridgehead atoms. The van der Waals surface area contributed by atoms with Crippen LogP contribution in [0.25, 0.3) is 0 Å². The van der Waals surface area contributed by atoms with Gasteiger partial charge in [-0.05, 0) is 30.7 Å². The van der Waals surface area contributed by atoms with E-state index in [-0.39, 0.29) is 5.56 Å². The van der Waals surface area contributed by atoms with Gasteiger partial charge >= 0.3 is 6.03 Å². The fourth-order valence-corrected chi connectivity index (χ4v) is 3.65. The molecule has 0 atom stereocenters. The smallest absolute Gasteiger partial charge is 0.306 e. The standard InChI is InChI=1S/C17H18ClF2N3OS.C2H6/c1-10-6-7-11(16(19)20)15(8-10)25-9-12-13(18)4-3-5-14(12)22-17(24)23(2)21;1-2/h3-8,16H,9,21H2,1-2H3,(H,22,24);1-2H3. The third-order valence-corrected chi connectivity index (χ3v) is 4.91. The van der Waals surface area contributed by atoms with Crippen molar-refractivity contribution in [1.29, 1.82) is 0 Å². The average molecular weight is 416 g/mol. The normalized spacial score (nSPS) is 10.3. The van der Waals surface area contributed by atoms with Gasteiger partial charge in [0.2, 0.25) is 0 Å². The fourth-order valence-electron chi connectivity index (χ4n) is 2.12. The molecule has 0 saturated carbocycles. The number of carbonyl (C=O) groups is 1. The van der Waals surface area contributed by atoms with Crippen molar-refractivity contribution in [2.75, 3.05) is 12.4 Å². The Morgan fingerprint density at radius 1 is 1.30 bits per heavy atom. The minimum atomic E-state index is -2.56. The van der Waals surface area contributed by atoms with Gasteiger partial charge in [-0.25, -0.2) is 19.4 Å². The molecule has 2 aromatic rings. The van der Waals surface area contributed by atoms with E-state index in [1.807, 2.05) is 20.8 Å². The van der Waals surface area contributed by atoms with Crippen LogP contribution in [-0.4, -0.2) is 18.1 Å². The first kappa shape index (κ1) is 23.2. The molecule has 0 aliphatic carbocycles. The van der Waals surface area contributed by atoms with E-state index >= 15 is 0 Å². The molecule has 0 radical (unpaired) electrons. The highest BCUT2D eigenvalue weighted by atomic mass is 35.5. The molecule has 2 rings (SSSR count). The summed E-state index contributed by atoms with van der Waals surface area (Å²) in [5.41, 5.74) is 2.01. The third kappa shape index (κ3) is 6.68. The van der Waals surface area contributed by atoms with Gasteiger partial charge in [-0.15, -0.1) is 11.8 Å². The van der Waals surface area contributed by atoms with Crippen LogP contribution in [0.5, 0.6) is 0 Å². The SMILES string of the molecule is CC.Cc1ccc(C(F)F)c(SCc2c(Cl)cccc2NC(=O)N(C)N)c1. The summed E-state index contributed by atoms with van der Waals surface area (Å²) in [7, 11) is 1.41. The molecule has 0 aliphatic heterocycles. The van der Waals surface area contributed by atoms with Crippen LogP contribution in [0.4, 0.5) is 19.3 Å². The zero-order valence-electron chi connectivity index (χ0n) is 15.7. The number of amides is 2. The van der Waals surface area contributed by atoms with Crippen LogP contribution in [-0.2, 0) is 5.75 Å². The van der Waals surface area contributed by atoms with Crippen molar-refractivity contribution in [3.8, 4) is 0 Å². The predicted molar refractivity (Wildman–Crippen MR) is 109 cm³/mol. The Labute approximate surface area is 168 Å². The zero-order chi connectivity index (χ0) is 20.6. The largest absolute Gasteiger partial charge is 0.335 e. The van der Waals surface area contributed by atoms with Crippen molar-refractivity contribution in [2.24, 2.45) is 5.84 Å². The van der Waals surface area contributed by atoms with E-state index in [4.69, 9.17) is 17.4 Å². The number of hydrogen-bond acceptors (Lipinski definition) is 3. The number of hydrogen-bond donors (Lipinski definition) is 2. The topological polar surface area (TPSA) is 58.4 Å². The number of carbonyl (C=O) groups excluding carboxylic acids is 1. The van der Waals surface area contributed by atoms with Crippen molar-refractivity contribution in [3.05, 3.63) is 58.1 Å². The van der Waals surface area contributed by atoms with Crippen LogP contribution < -0.4 is 11.2 Å². The van der Waals surface area contributed by atoms with Crippen LogP contribution in [0.1, 0.15) is 37.0 Å². The summed E-state index contributed by atoms with van der Waals surface area (Å²) in [6.07, 6.45) is -2.56. The maximum absolute atomic E-state index is 13.2. The maximum atomic E-state index is 13.2. The van der Waals surface area contributed by atoms with Crippen LogP contribution in [0.15, 0.2) is 41.3 Å². The van der Waals surface area contributed by atoms with Crippen LogP contribution in [0.2, 0.25) is 5.02 Å². The summed E-state index contributed by atoms with van der Waals surface area (Å²) in [5.74, 6) is 5.73. The van der Waals surface area contributed by atoms with E-state index in [1.165, 1.54) is 24.9 Å². The highest BCUT2D eigenvalue weighted by molar-refractivity contribution is 7.98. The number of nitrogens with zero attached hydrogens (tertiary/aromatic N) is 1. The molecule has 0 spiro atoms. The van der Waals surface area contributed by atoms with Crippen molar-refractivity contribution in [1.82, 2.24) is 5.01 Å². The summed E-state index contributed by atoms with van der Waals surface area (Å²) < 4.78 is 26.4. The van der Waals surface area contributed by atoms with E-state index in [2.05, 4.69) is 5.32 Å². The molecule has 4 nitrogen and oxygen atoms in total. The van der Waals surface area contributed by atoms with Crippen LogP contribution >= 0.6 is 23.4 Å². The summed E-state index contributed by atoms with van der Waals surface area (Å²) in [6.45, 7) is 5.84. The van der Waals surface area contributed by atoms with Gasteiger partial charge in [-0.2, -0.15) is 0 Å². The molecule has 2 amide bonds. The van der Waals surface area contributed by atoms with Crippen molar-refractivity contribution < 1.29 is 13.6 Å². The van der Waals surface area contributed by atoms with Gasteiger partial charge in [0.25, 0.3) is 6.43 Å². The minimum Gasteiger partial charge on any atom is -0.306 e. The molecule has 3 N–H and O–H groups in total. The minimum absolute atomic E-state index is 0.0186. The Hall–Kier alpha value is -1.83. The van der Waals surface area contributed by atoms with Crippen molar-refractivity contribution in [2.45, 2.75) is 37.8 Å². The Bertz CT molecular complexity index is 773. The van der Waals surface area contributed by atoms with Gasteiger partial charge in [0.05, 0.1) is 0 Å². The fraction of sp³-hybridized carbons (Fsp3) is 0.316. The lowest BCUT2D eigenvalue weighted by Gasteiger charge is -2.16. The predicted octanol–water partition coefficient (Wildman–Crippen LogP) is 6.24. The number of anilines is 1. The van der Waals surface area contributed by atoms with E-state index in [9.17, 15) is 13.6 Å². The lowest BCUT2D eigenvalue weighted by molar-refractivity contribution is 0.148. The molecule has 0 aliphatic rings. The number of nitrogens with two attached hydrogens (primary N) is 1.